The van der Waals surface area contributed by atoms with Crippen LogP contribution in [0.4, 0.5) is 0 Å². The second-order valence-corrected chi connectivity index (χ2v) is 4.51. The average molecular weight is 221 g/mol. The van der Waals surface area contributed by atoms with Gasteiger partial charge in [0.2, 0.25) is 0 Å². The van der Waals surface area contributed by atoms with E-state index >= 15 is 0 Å². The van der Waals surface area contributed by atoms with Crippen LogP contribution in [0.5, 0.6) is 0 Å². The van der Waals surface area contributed by atoms with Crippen molar-refractivity contribution in [2.24, 2.45) is 5.41 Å². The van der Waals surface area contributed by atoms with Gasteiger partial charge in [-0.2, -0.15) is 18.6 Å². The van der Waals surface area contributed by atoms with Crippen molar-refractivity contribution in [3.05, 3.63) is 42.3 Å². The molecule has 1 aromatic carbocycles. The Morgan fingerprint density at radius 3 is 2.07 bits per heavy atom. The van der Waals surface area contributed by atoms with Gasteiger partial charge < -0.3 is 12.4 Å². The Kier molecular flexibility index (Phi) is 7.81. The van der Waals surface area contributed by atoms with Gasteiger partial charge in [0, 0.05) is 0 Å². The molecule has 0 fully saturated rings. The molecule has 0 radical (unpaired) electrons. The smallest absolute Gasteiger partial charge is 1.00 e. The van der Waals surface area contributed by atoms with E-state index in [-0.39, 0.29) is 35.5 Å². The molecule has 0 saturated carbocycles. The Balaban J connectivity index is 0. The standard InChI is InChI=1S/C12H17.ClH.Mg/c1-10-7-5-6-8-11(10)9-12(2,3)4;;/h5-8H,1,9H2,2-4H3;1H;/q-1;;+2/p-1. The van der Waals surface area contributed by atoms with Crippen molar-refractivity contribution in [1.82, 2.24) is 0 Å². The molecule has 0 aliphatic carbocycles. The molecule has 0 aromatic heterocycles. The summed E-state index contributed by atoms with van der Waals surface area (Å²) in [5.41, 5.74) is 2.88. The molecule has 0 N–H and O–H groups in total. The number of benzene rings is 1. The van der Waals surface area contributed by atoms with Crippen molar-refractivity contribution in [2.75, 3.05) is 0 Å². The molecule has 2 heteroatoms. The van der Waals surface area contributed by atoms with E-state index < -0.39 is 0 Å². The average Bonchev–Trinajstić information content (AvgIpc) is 1.91. The predicted octanol–water partition coefficient (Wildman–Crippen LogP) is 0.0806. The normalized spacial score (nSPS) is 9.93. The van der Waals surface area contributed by atoms with Crippen LogP contribution >= 0.6 is 0 Å². The molecule has 0 heterocycles. The van der Waals surface area contributed by atoms with Crippen molar-refractivity contribution in [3.8, 4) is 0 Å². The van der Waals surface area contributed by atoms with E-state index in [9.17, 15) is 0 Å². The minimum absolute atomic E-state index is 0. The Morgan fingerprint density at radius 2 is 1.64 bits per heavy atom. The first-order valence-electron chi connectivity index (χ1n) is 4.39. The molecular formula is C12H17ClMg. The molecule has 0 nitrogen and oxygen atoms in total. The van der Waals surface area contributed by atoms with Crippen LogP contribution in [0.25, 0.3) is 0 Å². The molecule has 0 unspecified atom stereocenters. The third-order valence-corrected chi connectivity index (χ3v) is 1.84. The van der Waals surface area contributed by atoms with Gasteiger partial charge in [0.1, 0.15) is 0 Å². The van der Waals surface area contributed by atoms with E-state index in [2.05, 4.69) is 45.9 Å². The topological polar surface area (TPSA) is 0 Å². The molecule has 1 rings (SSSR count). The fraction of sp³-hybridized carbons (Fsp3) is 0.417. The predicted molar refractivity (Wildman–Crippen MR) is 59.8 cm³/mol. The largest absolute Gasteiger partial charge is 2.00 e. The van der Waals surface area contributed by atoms with Crippen LogP contribution in [-0.4, -0.2) is 23.1 Å². The molecule has 0 saturated heterocycles. The summed E-state index contributed by atoms with van der Waals surface area (Å²) in [6.07, 6.45) is 1.10. The van der Waals surface area contributed by atoms with Gasteiger partial charge in [0.25, 0.3) is 0 Å². The van der Waals surface area contributed by atoms with Crippen LogP contribution in [0.15, 0.2) is 24.3 Å². The third-order valence-electron chi connectivity index (χ3n) is 1.84. The molecule has 74 valence electrons. The first-order valence-corrected chi connectivity index (χ1v) is 4.39. The summed E-state index contributed by atoms with van der Waals surface area (Å²) in [4.78, 5) is 0. The molecule has 14 heavy (non-hydrogen) atoms. The van der Waals surface area contributed by atoms with Crippen LogP contribution < -0.4 is 12.4 Å². The molecular weight excluding hydrogens is 204 g/mol. The molecule has 0 amide bonds. The molecule has 1 aromatic rings. The maximum Gasteiger partial charge on any atom is 2.00 e. The summed E-state index contributed by atoms with van der Waals surface area (Å²) in [7, 11) is 0. The number of hydrogen-bond donors (Lipinski definition) is 0. The van der Waals surface area contributed by atoms with Crippen LogP contribution in [0.3, 0.4) is 0 Å². The van der Waals surface area contributed by atoms with Crippen LogP contribution in [-0.2, 0) is 6.42 Å². The molecule has 0 atom stereocenters. The minimum Gasteiger partial charge on any atom is -1.00 e. The van der Waals surface area contributed by atoms with Crippen LogP contribution in [0.2, 0.25) is 0 Å². The summed E-state index contributed by atoms with van der Waals surface area (Å²) in [6, 6.07) is 8.35. The summed E-state index contributed by atoms with van der Waals surface area (Å²) in [6.45, 7) is 10.8. The van der Waals surface area contributed by atoms with Gasteiger partial charge in [-0.1, -0.05) is 33.3 Å². The number of hydrogen-bond acceptors (Lipinski definition) is 0. The van der Waals surface area contributed by atoms with E-state index in [4.69, 9.17) is 0 Å². The zero-order valence-corrected chi connectivity index (χ0v) is 11.5. The van der Waals surface area contributed by atoms with E-state index in [0.717, 1.165) is 12.0 Å². The Hall–Kier alpha value is 0.146. The summed E-state index contributed by atoms with van der Waals surface area (Å²) in [5, 5.41) is 0. The van der Waals surface area contributed by atoms with Crippen molar-refractivity contribution in [1.29, 1.82) is 0 Å². The van der Waals surface area contributed by atoms with Crippen molar-refractivity contribution in [3.63, 3.8) is 0 Å². The monoisotopic (exact) mass is 220 g/mol. The maximum atomic E-state index is 4.00. The third kappa shape index (κ3) is 5.79. The number of halogens is 1. The van der Waals surface area contributed by atoms with Gasteiger partial charge in [-0.25, -0.2) is 0 Å². The number of rotatable bonds is 1. The van der Waals surface area contributed by atoms with E-state index in [1.807, 2.05) is 6.07 Å². The Labute approximate surface area is 110 Å². The zero-order chi connectivity index (χ0) is 9.19. The van der Waals surface area contributed by atoms with Gasteiger partial charge in [0.05, 0.1) is 0 Å². The summed E-state index contributed by atoms with van der Waals surface area (Å²) in [5.74, 6) is 0. The summed E-state index contributed by atoms with van der Waals surface area (Å²) < 4.78 is 0. The Morgan fingerprint density at radius 1 is 1.14 bits per heavy atom. The van der Waals surface area contributed by atoms with Gasteiger partial charge in [0.15, 0.2) is 0 Å². The van der Waals surface area contributed by atoms with Crippen molar-refractivity contribution < 1.29 is 12.4 Å². The van der Waals surface area contributed by atoms with Crippen LogP contribution in [0, 0.1) is 12.3 Å². The fourth-order valence-corrected chi connectivity index (χ4v) is 1.30. The Bertz CT molecular complexity index is 263. The first-order chi connectivity index (χ1) is 5.49. The quantitative estimate of drug-likeness (QED) is 0.465. The van der Waals surface area contributed by atoms with E-state index in [1.54, 1.807) is 0 Å². The van der Waals surface area contributed by atoms with Crippen molar-refractivity contribution >= 4 is 23.1 Å². The first kappa shape index (κ1) is 16.6. The van der Waals surface area contributed by atoms with E-state index in [0.29, 0.717) is 5.41 Å². The van der Waals surface area contributed by atoms with Crippen LogP contribution in [0.1, 0.15) is 31.9 Å². The summed E-state index contributed by atoms with van der Waals surface area (Å²) >= 11 is 0. The SMILES string of the molecule is [CH2-]c1ccccc1CC(C)(C)C.[Cl-].[Mg+2]. The van der Waals surface area contributed by atoms with Gasteiger partial charge >= 0.3 is 23.1 Å². The second kappa shape index (κ2) is 6.60. The molecule has 0 aliphatic rings. The van der Waals surface area contributed by atoms with E-state index in [1.165, 1.54) is 5.56 Å². The van der Waals surface area contributed by atoms with Gasteiger partial charge in [-0.05, 0) is 5.41 Å². The molecule has 0 aliphatic heterocycles. The van der Waals surface area contributed by atoms with Crippen molar-refractivity contribution in [2.45, 2.75) is 27.2 Å². The fourth-order valence-electron chi connectivity index (χ4n) is 1.30. The van der Waals surface area contributed by atoms with Gasteiger partial charge in [-0.15, -0.1) is 17.7 Å². The van der Waals surface area contributed by atoms with Gasteiger partial charge in [-0.3, -0.25) is 0 Å². The maximum absolute atomic E-state index is 4.00. The molecule has 0 spiro atoms. The minimum atomic E-state index is 0. The zero-order valence-electron chi connectivity index (χ0n) is 9.31. The second-order valence-electron chi connectivity index (χ2n) is 4.51. The molecule has 0 bridgehead atoms.